The highest BCUT2D eigenvalue weighted by molar-refractivity contribution is 5.94. The van der Waals surface area contributed by atoms with Crippen LogP contribution in [0.25, 0.3) is 11.0 Å². The number of carbonyl (C=O) groups excluding carboxylic acids is 1. The Morgan fingerprint density at radius 2 is 1.92 bits per heavy atom. The third-order valence-electron chi connectivity index (χ3n) is 4.97. The van der Waals surface area contributed by atoms with Gasteiger partial charge < -0.3 is 9.88 Å². The van der Waals surface area contributed by atoms with Crippen LogP contribution in [0.5, 0.6) is 0 Å². The maximum Gasteiger partial charge on any atom is 0.253 e. The second kappa shape index (κ2) is 6.36. The molecule has 0 radical (unpaired) electrons. The minimum Gasteiger partial charge on any atom is -0.342 e. The van der Waals surface area contributed by atoms with Crippen LogP contribution in [0.15, 0.2) is 42.5 Å². The van der Waals surface area contributed by atoms with E-state index in [1.807, 2.05) is 55.1 Å². The first-order valence-corrected chi connectivity index (χ1v) is 8.92. The van der Waals surface area contributed by atoms with Gasteiger partial charge in [0.1, 0.15) is 5.82 Å². The maximum absolute atomic E-state index is 12.9. The molecule has 1 aromatic heterocycles. The number of carbonyl (C=O) groups is 1. The van der Waals surface area contributed by atoms with Crippen molar-refractivity contribution in [2.24, 2.45) is 0 Å². The molecule has 0 aliphatic carbocycles. The number of nitrogens with zero attached hydrogens (tertiary/aromatic N) is 2. The van der Waals surface area contributed by atoms with Gasteiger partial charge in [0.05, 0.1) is 11.0 Å². The highest BCUT2D eigenvalue weighted by Gasteiger charge is 2.27. The van der Waals surface area contributed by atoms with Crippen LogP contribution in [0.2, 0.25) is 0 Å². The van der Waals surface area contributed by atoms with Crippen LogP contribution in [-0.2, 0) is 0 Å². The van der Waals surface area contributed by atoms with Crippen molar-refractivity contribution >= 4 is 16.9 Å². The summed E-state index contributed by atoms with van der Waals surface area (Å²) in [6, 6.07) is 14.2. The number of aryl methyl sites for hydroxylation is 2. The van der Waals surface area contributed by atoms with Crippen molar-refractivity contribution < 1.29 is 4.79 Å². The highest BCUT2D eigenvalue weighted by Crippen LogP contribution is 2.27. The van der Waals surface area contributed by atoms with Crippen molar-refractivity contribution in [3.05, 3.63) is 65.0 Å². The molecule has 2 heterocycles. The number of benzene rings is 2. The van der Waals surface area contributed by atoms with E-state index in [0.29, 0.717) is 0 Å². The first-order valence-electron chi connectivity index (χ1n) is 8.92. The van der Waals surface area contributed by atoms with Gasteiger partial charge in [-0.15, -0.1) is 0 Å². The van der Waals surface area contributed by atoms with E-state index in [0.717, 1.165) is 59.5 Å². The molecule has 4 heteroatoms. The first-order chi connectivity index (χ1) is 12.1. The van der Waals surface area contributed by atoms with Crippen LogP contribution in [0.4, 0.5) is 0 Å². The number of rotatable bonds is 2. The number of H-pyrrole nitrogens is 1. The minimum atomic E-state index is 0.132. The van der Waals surface area contributed by atoms with Gasteiger partial charge >= 0.3 is 0 Å². The number of piperidine rings is 1. The van der Waals surface area contributed by atoms with Crippen LogP contribution in [-0.4, -0.2) is 33.9 Å². The van der Waals surface area contributed by atoms with Crippen molar-refractivity contribution in [3.63, 3.8) is 0 Å². The lowest BCUT2D eigenvalue weighted by Gasteiger charge is -2.32. The second-order valence-electron chi connectivity index (χ2n) is 7.11. The van der Waals surface area contributed by atoms with Gasteiger partial charge in [-0.2, -0.15) is 0 Å². The van der Waals surface area contributed by atoms with E-state index in [4.69, 9.17) is 4.98 Å². The molecule has 1 amide bonds. The zero-order chi connectivity index (χ0) is 17.4. The van der Waals surface area contributed by atoms with Crippen molar-refractivity contribution in [1.29, 1.82) is 0 Å². The Balaban J connectivity index is 1.57. The number of likely N-dealkylation sites (tertiary alicyclic amines) is 1. The fourth-order valence-corrected chi connectivity index (χ4v) is 3.83. The van der Waals surface area contributed by atoms with E-state index in [9.17, 15) is 4.79 Å². The van der Waals surface area contributed by atoms with Gasteiger partial charge in [0.15, 0.2) is 0 Å². The van der Waals surface area contributed by atoms with Crippen molar-refractivity contribution in [1.82, 2.24) is 14.9 Å². The van der Waals surface area contributed by atoms with Crippen molar-refractivity contribution in [2.45, 2.75) is 32.6 Å². The van der Waals surface area contributed by atoms with Gasteiger partial charge in [0, 0.05) is 24.6 Å². The first kappa shape index (κ1) is 15.9. The third kappa shape index (κ3) is 3.16. The molecule has 1 saturated heterocycles. The molecule has 1 aliphatic rings. The Morgan fingerprint density at radius 1 is 1.16 bits per heavy atom. The zero-order valence-corrected chi connectivity index (χ0v) is 14.7. The standard InChI is InChI=1S/C21H23N3O/c1-14-10-15(2)12-17(11-14)21(25)24-9-5-6-16(13-24)20-22-18-7-3-4-8-19(18)23-20/h3-4,7-8,10-12,16H,5-6,9,13H2,1-2H3,(H,22,23)/t16-/m0/s1. The van der Waals surface area contributed by atoms with E-state index in [2.05, 4.69) is 11.1 Å². The van der Waals surface area contributed by atoms with Crippen molar-refractivity contribution in [2.75, 3.05) is 13.1 Å². The Labute approximate surface area is 147 Å². The quantitative estimate of drug-likeness (QED) is 0.764. The van der Waals surface area contributed by atoms with Crippen LogP contribution in [0, 0.1) is 13.8 Å². The molecule has 4 rings (SSSR count). The average Bonchev–Trinajstić information content (AvgIpc) is 3.04. The molecular formula is C21H23N3O. The molecular weight excluding hydrogens is 310 g/mol. The molecule has 0 unspecified atom stereocenters. The normalized spacial score (nSPS) is 17.8. The van der Waals surface area contributed by atoms with Crippen LogP contribution in [0.1, 0.15) is 46.1 Å². The fraction of sp³-hybridized carbons (Fsp3) is 0.333. The summed E-state index contributed by atoms with van der Waals surface area (Å²) >= 11 is 0. The molecule has 0 bridgehead atoms. The molecule has 3 aromatic rings. The number of imidazole rings is 1. The number of aromatic amines is 1. The Hall–Kier alpha value is -2.62. The van der Waals surface area contributed by atoms with Crippen LogP contribution >= 0.6 is 0 Å². The van der Waals surface area contributed by atoms with E-state index < -0.39 is 0 Å². The van der Waals surface area contributed by atoms with Gasteiger partial charge in [-0.05, 0) is 51.0 Å². The topological polar surface area (TPSA) is 49.0 Å². The molecule has 4 nitrogen and oxygen atoms in total. The number of para-hydroxylation sites is 2. The number of nitrogens with one attached hydrogen (secondary N) is 1. The average molecular weight is 333 g/mol. The lowest BCUT2D eigenvalue weighted by molar-refractivity contribution is 0.0704. The molecule has 25 heavy (non-hydrogen) atoms. The third-order valence-corrected chi connectivity index (χ3v) is 4.97. The van der Waals surface area contributed by atoms with Gasteiger partial charge in [0.25, 0.3) is 5.91 Å². The Kier molecular flexibility index (Phi) is 4.04. The van der Waals surface area contributed by atoms with Crippen LogP contribution in [0.3, 0.4) is 0 Å². The smallest absolute Gasteiger partial charge is 0.253 e. The molecule has 1 N–H and O–H groups in total. The lowest BCUT2D eigenvalue weighted by atomic mass is 9.96. The number of fused-ring (bicyclic) bond motifs is 1. The van der Waals surface area contributed by atoms with Gasteiger partial charge in [0.2, 0.25) is 0 Å². The Bertz CT molecular complexity index is 875. The van der Waals surface area contributed by atoms with Crippen LogP contribution < -0.4 is 0 Å². The number of hydrogen-bond acceptors (Lipinski definition) is 2. The summed E-state index contributed by atoms with van der Waals surface area (Å²) in [5, 5.41) is 0. The molecule has 128 valence electrons. The van der Waals surface area contributed by atoms with E-state index in [1.54, 1.807) is 0 Å². The predicted molar refractivity (Wildman–Crippen MR) is 99.9 cm³/mol. The summed E-state index contributed by atoms with van der Waals surface area (Å²) in [6.07, 6.45) is 2.08. The second-order valence-corrected chi connectivity index (χ2v) is 7.11. The highest BCUT2D eigenvalue weighted by atomic mass is 16.2. The molecule has 2 aromatic carbocycles. The lowest BCUT2D eigenvalue weighted by Crippen LogP contribution is -2.39. The summed E-state index contributed by atoms with van der Waals surface area (Å²) < 4.78 is 0. The SMILES string of the molecule is Cc1cc(C)cc(C(=O)N2CCC[C@H](c3nc4ccccc4[nH]3)C2)c1. The molecule has 1 atom stereocenters. The van der Waals surface area contributed by atoms with Gasteiger partial charge in [-0.1, -0.05) is 29.3 Å². The van der Waals surface area contributed by atoms with E-state index >= 15 is 0 Å². The number of hydrogen-bond donors (Lipinski definition) is 1. The summed E-state index contributed by atoms with van der Waals surface area (Å²) in [4.78, 5) is 23.1. The van der Waals surface area contributed by atoms with Gasteiger partial charge in [-0.3, -0.25) is 4.79 Å². The summed E-state index contributed by atoms with van der Waals surface area (Å²) in [6.45, 7) is 5.63. The van der Waals surface area contributed by atoms with E-state index in [1.165, 1.54) is 0 Å². The molecule has 0 saturated carbocycles. The number of amides is 1. The summed E-state index contributed by atoms with van der Waals surface area (Å²) in [7, 11) is 0. The van der Waals surface area contributed by atoms with E-state index in [-0.39, 0.29) is 11.8 Å². The zero-order valence-electron chi connectivity index (χ0n) is 14.7. The number of aromatic nitrogens is 2. The van der Waals surface area contributed by atoms with Crippen molar-refractivity contribution in [3.8, 4) is 0 Å². The predicted octanol–water partition coefficient (Wildman–Crippen LogP) is 4.20. The summed E-state index contributed by atoms with van der Waals surface area (Å²) in [5.41, 5.74) is 5.12. The fourth-order valence-electron chi connectivity index (χ4n) is 3.83. The minimum absolute atomic E-state index is 0.132. The monoisotopic (exact) mass is 333 g/mol. The molecule has 1 aliphatic heterocycles. The largest absolute Gasteiger partial charge is 0.342 e. The summed E-state index contributed by atoms with van der Waals surface area (Å²) in [5.74, 6) is 1.41. The molecule has 0 spiro atoms. The Morgan fingerprint density at radius 3 is 2.68 bits per heavy atom. The van der Waals surface area contributed by atoms with Gasteiger partial charge in [-0.25, -0.2) is 4.98 Å². The molecule has 1 fully saturated rings. The maximum atomic E-state index is 12.9.